The van der Waals surface area contributed by atoms with Crippen molar-refractivity contribution in [3.05, 3.63) is 70.8 Å². The van der Waals surface area contributed by atoms with Crippen molar-refractivity contribution in [2.24, 2.45) is 0 Å². The lowest BCUT2D eigenvalue weighted by Gasteiger charge is -2.17. The van der Waals surface area contributed by atoms with E-state index in [0.717, 1.165) is 12.1 Å². The summed E-state index contributed by atoms with van der Waals surface area (Å²) < 4.78 is 26.2. The Morgan fingerprint density at radius 1 is 1.00 bits per heavy atom. The lowest BCUT2D eigenvalue weighted by molar-refractivity contribution is 0.505. The summed E-state index contributed by atoms with van der Waals surface area (Å²) in [5, 5.41) is 3.16. The molecule has 0 spiro atoms. The summed E-state index contributed by atoms with van der Waals surface area (Å²) in [5.74, 6) is -1.34. The van der Waals surface area contributed by atoms with Crippen molar-refractivity contribution in [2.75, 3.05) is 13.6 Å². The summed E-state index contributed by atoms with van der Waals surface area (Å²) in [5.41, 5.74) is 3.23. The fourth-order valence-electron chi connectivity index (χ4n) is 2.34. The highest BCUT2D eigenvalue weighted by Gasteiger charge is 2.13. The number of benzene rings is 2. The lowest BCUT2D eigenvalue weighted by Crippen LogP contribution is -2.19. The fraction of sp³-hybridized carbons (Fsp3) is 0.294. The Balaban J connectivity index is 2.20. The predicted molar refractivity (Wildman–Crippen MR) is 77.9 cm³/mol. The molecular formula is C17H19F2N. The van der Waals surface area contributed by atoms with Crippen molar-refractivity contribution >= 4 is 0 Å². The highest BCUT2D eigenvalue weighted by atomic mass is 19.2. The van der Waals surface area contributed by atoms with Gasteiger partial charge in [0.05, 0.1) is 0 Å². The third kappa shape index (κ3) is 3.64. The number of hydrogen-bond donors (Lipinski definition) is 1. The van der Waals surface area contributed by atoms with Crippen LogP contribution in [0.3, 0.4) is 0 Å². The highest BCUT2D eigenvalue weighted by Crippen LogP contribution is 2.22. The van der Waals surface area contributed by atoms with Gasteiger partial charge in [0.1, 0.15) is 0 Å². The van der Waals surface area contributed by atoms with E-state index in [1.54, 1.807) is 6.07 Å². The molecule has 2 aromatic carbocycles. The van der Waals surface area contributed by atoms with Crippen LogP contribution in [0.15, 0.2) is 42.5 Å². The number of halogens is 2. The van der Waals surface area contributed by atoms with Crippen molar-refractivity contribution in [3.8, 4) is 0 Å². The van der Waals surface area contributed by atoms with Crippen LogP contribution in [0.1, 0.15) is 22.6 Å². The molecule has 1 atom stereocenters. The van der Waals surface area contributed by atoms with Gasteiger partial charge in [-0.3, -0.25) is 0 Å². The van der Waals surface area contributed by atoms with Crippen LogP contribution >= 0.6 is 0 Å². The van der Waals surface area contributed by atoms with E-state index in [2.05, 4.69) is 29.6 Å². The van der Waals surface area contributed by atoms with Gasteiger partial charge in [0, 0.05) is 12.5 Å². The Hall–Kier alpha value is -1.74. The Kier molecular flexibility index (Phi) is 4.85. The molecule has 1 N–H and O–H groups in total. The Labute approximate surface area is 118 Å². The van der Waals surface area contributed by atoms with Crippen LogP contribution in [0.4, 0.5) is 8.78 Å². The summed E-state index contributed by atoms with van der Waals surface area (Å²) in [6.45, 7) is 2.84. The van der Waals surface area contributed by atoms with Crippen molar-refractivity contribution in [3.63, 3.8) is 0 Å². The van der Waals surface area contributed by atoms with Gasteiger partial charge in [0.2, 0.25) is 0 Å². The van der Waals surface area contributed by atoms with Gasteiger partial charge < -0.3 is 5.32 Å². The van der Waals surface area contributed by atoms with Gasteiger partial charge >= 0.3 is 0 Å². The molecular weight excluding hydrogens is 256 g/mol. The van der Waals surface area contributed by atoms with Crippen molar-refractivity contribution in [1.29, 1.82) is 0 Å². The van der Waals surface area contributed by atoms with E-state index >= 15 is 0 Å². The third-order valence-corrected chi connectivity index (χ3v) is 3.47. The molecule has 0 aliphatic carbocycles. The Morgan fingerprint density at radius 3 is 2.30 bits per heavy atom. The van der Waals surface area contributed by atoms with E-state index in [1.165, 1.54) is 23.3 Å². The first-order chi connectivity index (χ1) is 9.60. The summed E-state index contributed by atoms with van der Waals surface area (Å²) in [6.07, 6.45) is 0.682. The quantitative estimate of drug-likeness (QED) is 0.874. The first kappa shape index (κ1) is 14.7. The zero-order valence-corrected chi connectivity index (χ0v) is 11.8. The molecule has 0 amide bonds. The van der Waals surface area contributed by atoms with E-state index in [-0.39, 0.29) is 5.92 Å². The van der Waals surface area contributed by atoms with Crippen molar-refractivity contribution in [1.82, 2.24) is 5.32 Å². The second-order valence-electron chi connectivity index (χ2n) is 5.12. The van der Waals surface area contributed by atoms with Crippen LogP contribution in [-0.4, -0.2) is 13.6 Å². The molecule has 0 aliphatic rings. The van der Waals surface area contributed by atoms with Gasteiger partial charge in [-0.1, -0.05) is 35.9 Å². The van der Waals surface area contributed by atoms with E-state index < -0.39 is 11.6 Å². The highest BCUT2D eigenvalue weighted by molar-refractivity contribution is 5.28. The van der Waals surface area contributed by atoms with Crippen LogP contribution in [-0.2, 0) is 6.42 Å². The Bertz CT molecular complexity index is 564. The third-order valence-electron chi connectivity index (χ3n) is 3.47. The molecule has 106 valence electrons. The molecule has 0 saturated heterocycles. The number of hydrogen-bond acceptors (Lipinski definition) is 1. The first-order valence-electron chi connectivity index (χ1n) is 6.75. The van der Waals surface area contributed by atoms with Gasteiger partial charge in [-0.25, -0.2) is 8.78 Å². The molecule has 0 aromatic heterocycles. The molecule has 1 unspecified atom stereocenters. The standard InChI is InChI=1S/C17H19F2N/c1-12-3-6-14(7-4-12)15(11-20-2)9-13-5-8-16(18)17(19)10-13/h3-8,10,15,20H,9,11H2,1-2H3. The molecule has 0 fully saturated rings. The predicted octanol–water partition coefficient (Wildman–Crippen LogP) is 3.82. The Morgan fingerprint density at radius 2 is 1.70 bits per heavy atom. The smallest absolute Gasteiger partial charge is 0.159 e. The van der Waals surface area contributed by atoms with Gasteiger partial charge in [-0.05, 0) is 43.7 Å². The summed E-state index contributed by atoms with van der Waals surface area (Å²) in [7, 11) is 1.90. The van der Waals surface area contributed by atoms with E-state index in [4.69, 9.17) is 0 Å². The second-order valence-corrected chi connectivity index (χ2v) is 5.12. The number of aryl methyl sites for hydroxylation is 1. The average Bonchev–Trinajstić information content (AvgIpc) is 2.43. The minimum absolute atomic E-state index is 0.241. The molecule has 0 bridgehead atoms. The van der Waals surface area contributed by atoms with E-state index in [9.17, 15) is 8.78 Å². The topological polar surface area (TPSA) is 12.0 Å². The molecule has 1 nitrogen and oxygen atoms in total. The second kappa shape index (κ2) is 6.62. The normalized spacial score (nSPS) is 12.4. The van der Waals surface area contributed by atoms with Gasteiger partial charge in [0.15, 0.2) is 11.6 Å². The van der Waals surface area contributed by atoms with E-state index in [1.807, 2.05) is 14.0 Å². The fourth-order valence-corrected chi connectivity index (χ4v) is 2.34. The maximum atomic E-state index is 13.3. The molecule has 0 saturated carbocycles. The minimum atomic E-state index is -0.797. The zero-order chi connectivity index (χ0) is 14.5. The molecule has 0 heterocycles. The summed E-state index contributed by atoms with van der Waals surface area (Å²) in [6, 6.07) is 12.5. The monoisotopic (exact) mass is 275 g/mol. The molecule has 3 heteroatoms. The molecule has 0 aliphatic heterocycles. The minimum Gasteiger partial charge on any atom is -0.319 e. The van der Waals surface area contributed by atoms with Gasteiger partial charge in [-0.15, -0.1) is 0 Å². The SMILES string of the molecule is CNCC(Cc1ccc(F)c(F)c1)c1ccc(C)cc1. The van der Waals surface area contributed by atoms with Crippen LogP contribution in [0.25, 0.3) is 0 Å². The van der Waals surface area contributed by atoms with Crippen molar-refractivity contribution in [2.45, 2.75) is 19.3 Å². The van der Waals surface area contributed by atoms with Crippen LogP contribution in [0.2, 0.25) is 0 Å². The van der Waals surface area contributed by atoms with E-state index in [0.29, 0.717) is 6.42 Å². The number of rotatable bonds is 5. The summed E-state index contributed by atoms with van der Waals surface area (Å²) >= 11 is 0. The van der Waals surface area contributed by atoms with Crippen LogP contribution in [0, 0.1) is 18.6 Å². The molecule has 2 rings (SSSR count). The van der Waals surface area contributed by atoms with Gasteiger partial charge in [0.25, 0.3) is 0 Å². The first-order valence-corrected chi connectivity index (χ1v) is 6.75. The number of nitrogens with one attached hydrogen (secondary N) is 1. The summed E-state index contributed by atoms with van der Waals surface area (Å²) in [4.78, 5) is 0. The zero-order valence-electron chi connectivity index (χ0n) is 11.8. The van der Waals surface area contributed by atoms with Crippen molar-refractivity contribution < 1.29 is 8.78 Å². The average molecular weight is 275 g/mol. The van der Waals surface area contributed by atoms with Crippen LogP contribution in [0.5, 0.6) is 0 Å². The molecule has 0 radical (unpaired) electrons. The lowest BCUT2D eigenvalue weighted by atomic mass is 9.91. The molecule has 2 aromatic rings. The largest absolute Gasteiger partial charge is 0.319 e. The maximum Gasteiger partial charge on any atom is 0.159 e. The number of likely N-dealkylation sites (N-methyl/N-ethyl adjacent to an activating group) is 1. The maximum absolute atomic E-state index is 13.3. The van der Waals surface area contributed by atoms with Gasteiger partial charge in [-0.2, -0.15) is 0 Å². The molecule has 20 heavy (non-hydrogen) atoms. The van der Waals surface area contributed by atoms with Crippen LogP contribution < -0.4 is 5.32 Å².